The van der Waals surface area contributed by atoms with Crippen LogP contribution in [0.3, 0.4) is 0 Å². The summed E-state index contributed by atoms with van der Waals surface area (Å²) in [5, 5.41) is 3.47. The van der Waals surface area contributed by atoms with Crippen molar-refractivity contribution in [3.8, 4) is 0 Å². The Bertz CT molecular complexity index is 306. The third-order valence-corrected chi connectivity index (χ3v) is 3.60. The largest absolute Gasteiger partial charge is 0.309 e. The highest BCUT2D eigenvalue weighted by atomic mass is 32.2. The van der Waals surface area contributed by atoms with Crippen molar-refractivity contribution in [2.75, 3.05) is 5.75 Å². The zero-order valence-corrected chi connectivity index (χ0v) is 10.6. The number of rotatable bonds is 3. The van der Waals surface area contributed by atoms with Gasteiger partial charge >= 0.3 is 0 Å². The van der Waals surface area contributed by atoms with E-state index < -0.39 is 10.0 Å². The van der Waals surface area contributed by atoms with Crippen LogP contribution < -0.4 is 5.32 Å². The molecule has 0 aliphatic heterocycles. The zero-order valence-electron chi connectivity index (χ0n) is 9.75. The number of hydrogen-bond donors (Lipinski definition) is 3. The highest BCUT2D eigenvalue weighted by Crippen LogP contribution is 2.28. The molecule has 1 fully saturated rings. The van der Waals surface area contributed by atoms with Crippen LogP contribution in [0.2, 0.25) is 0 Å². The second kappa shape index (κ2) is 4.39. The average molecular weight is 234 g/mol. The monoisotopic (exact) mass is 234 g/mol. The lowest BCUT2D eigenvalue weighted by Gasteiger charge is -2.29. The molecule has 15 heavy (non-hydrogen) atoms. The lowest BCUT2D eigenvalue weighted by Crippen LogP contribution is -2.46. The molecular weight excluding hydrogens is 212 g/mol. The Morgan fingerprint density at radius 2 is 2.07 bits per heavy atom. The zero-order chi connectivity index (χ0) is 11.7. The maximum Gasteiger partial charge on any atom is 0.158 e. The lowest BCUT2D eigenvalue weighted by molar-refractivity contribution is 0.318. The fourth-order valence-electron chi connectivity index (χ4n) is 2.27. The van der Waals surface area contributed by atoms with E-state index in [1.54, 1.807) is 0 Å². The van der Waals surface area contributed by atoms with E-state index in [-0.39, 0.29) is 17.2 Å². The van der Waals surface area contributed by atoms with Gasteiger partial charge in [0.05, 0.1) is 5.75 Å². The van der Waals surface area contributed by atoms with Crippen LogP contribution in [0.4, 0.5) is 0 Å². The van der Waals surface area contributed by atoms with E-state index in [9.17, 15) is 4.21 Å². The van der Waals surface area contributed by atoms with Gasteiger partial charge < -0.3 is 9.87 Å². The summed E-state index contributed by atoms with van der Waals surface area (Å²) >= 11 is 0. The van der Waals surface area contributed by atoms with Crippen LogP contribution in [0.25, 0.3) is 0 Å². The third kappa shape index (κ3) is 4.95. The molecule has 1 rings (SSSR count). The Morgan fingerprint density at radius 1 is 1.47 bits per heavy atom. The van der Waals surface area contributed by atoms with E-state index in [2.05, 4.69) is 26.1 Å². The molecule has 4 nitrogen and oxygen atoms in total. The molecule has 1 aliphatic carbocycles. The first-order valence-electron chi connectivity index (χ1n) is 5.44. The fraction of sp³-hybridized carbons (Fsp3) is 1.00. The molecule has 3 unspecified atom stereocenters. The quantitative estimate of drug-likeness (QED) is 0.700. The molecule has 1 aliphatic rings. The van der Waals surface area contributed by atoms with Gasteiger partial charge in [0.25, 0.3) is 0 Å². The van der Waals surface area contributed by atoms with Crippen molar-refractivity contribution >= 4 is 10.0 Å². The van der Waals surface area contributed by atoms with Crippen molar-refractivity contribution in [1.29, 1.82) is 4.78 Å². The normalized spacial score (nSPS) is 31.5. The highest BCUT2D eigenvalue weighted by molar-refractivity contribution is 7.86. The average Bonchev–Trinajstić information content (AvgIpc) is 2.29. The van der Waals surface area contributed by atoms with Crippen LogP contribution in [-0.4, -0.2) is 26.1 Å². The van der Waals surface area contributed by atoms with E-state index in [1.807, 2.05) is 0 Å². The van der Waals surface area contributed by atoms with E-state index in [4.69, 9.17) is 9.33 Å². The van der Waals surface area contributed by atoms with Gasteiger partial charge in [-0.15, -0.1) is 0 Å². The van der Waals surface area contributed by atoms with E-state index in [1.165, 1.54) is 0 Å². The summed E-state index contributed by atoms with van der Waals surface area (Å²) in [7, 11) is -3.34. The lowest BCUT2D eigenvalue weighted by atomic mass is 10.0. The van der Waals surface area contributed by atoms with Crippen molar-refractivity contribution < 1.29 is 8.76 Å². The Hall–Kier alpha value is -0.130. The molecule has 0 aromatic rings. The minimum atomic E-state index is -3.34. The van der Waals surface area contributed by atoms with Crippen LogP contribution in [0.1, 0.15) is 40.0 Å². The fourth-order valence-corrected chi connectivity index (χ4v) is 3.25. The molecule has 0 bridgehead atoms. The topological polar surface area (TPSA) is 73.2 Å². The Kier molecular flexibility index (Phi) is 3.79. The second-order valence-electron chi connectivity index (χ2n) is 5.50. The van der Waals surface area contributed by atoms with Crippen molar-refractivity contribution in [2.24, 2.45) is 5.92 Å². The molecule has 1 saturated carbocycles. The maximum atomic E-state index is 11.0. The molecule has 0 aromatic carbocycles. The molecular formula is C10H22N2O2S. The molecule has 0 aromatic heterocycles. The molecule has 90 valence electrons. The van der Waals surface area contributed by atoms with Gasteiger partial charge in [-0.1, -0.05) is 6.42 Å². The van der Waals surface area contributed by atoms with Crippen molar-refractivity contribution in [2.45, 2.75) is 51.6 Å². The Labute approximate surface area is 92.6 Å². The first-order chi connectivity index (χ1) is 6.67. The summed E-state index contributed by atoms with van der Waals surface area (Å²) in [6.45, 7) is 6.29. The smallest absolute Gasteiger partial charge is 0.158 e. The van der Waals surface area contributed by atoms with E-state index >= 15 is 0 Å². The van der Waals surface area contributed by atoms with Gasteiger partial charge in [-0.25, -0.2) is 8.99 Å². The standard InChI is InChI=1S/C10H22N2O2S/c1-10(2,3)12-9-6-4-5-8(9)7-15(11,13)14/h8-9,12H,4-7H2,1-3H3,(H2,11,13,14). The molecule has 0 heterocycles. The van der Waals surface area contributed by atoms with E-state index in [0.717, 1.165) is 19.3 Å². The highest BCUT2D eigenvalue weighted by Gasteiger charge is 2.31. The van der Waals surface area contributed by atoms with Crippen LogP contribution in [0.5, 0.6) is 0 Å². The van der Waals surface area contributed by atoms with Crippen molar-refractivity contribution in [3.63, 3.8) is 0 Å². The predicted octanol–water partition coefficient (Wildman–Crippen LogP) is 2.06. The number of nitrogens with one attached hydrogen (secondary N) is 2. The minimum absolute atomic E-state index is 0.0334. The molecule has 5 heteroatoms. The Morgan fingerprint density at radius 3 is 2.53 bits per heavy atom. The van der Waals surface area contributed by atoms with Gasteiger partial charge in [-0.3, -0.25) is 0 Å². The summed E-state index contributed by atoms with van der Waals surface area (Å²) in [6.07, 6.45) is 3.11. The van der Waals surface area contributed by atoms with Gasteiger partial charge in [-0.05, 0) is 39.5 Å². The molecule has 0 amide bonds. The third-order valence-electron chi connectivity index (χ3n) is 2.72. The maximum absolute atomic E-state index is 11.0. The Balaban J connectivity index is 2.58. The number of hydrogen-bond acceptors (Lipinski definition) is 3. The summed E-state index contributed by atoms with van der Waals surface area (Å²) in [5.41, 5.74) is 0.0334. The minimum Gasteiger partial charge on any atom is -0.309 e. The van der Waals surface area contributed by atoms with Crippen molar-refractivity contribution in [1.82, 2.24) is 5.32 Å². The van der Waals surface area contributed by atoms with Gasteiger partial charge in [0.2, 0.25) is 0 Å². The molecule has 0 spiro atoms. The summed E-state index contributed by atoms with van der Waals surface area (Å²) in [5.74, 6) is 0.292. The first kappa shape index (κ1) is 12.9. The molecule has 3 N–H and O–H groups in total. The first-order valence-corrected chi connectivity index (χ1v) is 7.12. The van der Waals surface area contributed by atoms with Crippen LogP contribution >= 0.6 is 0 Å². The molecule has 0 radical (unpaired) electrons. The van der Waals surface area contributed by atoms with Gasteiger partial charge in [0.1, 0.15) is 0 Å². The van der Waals surface area contributed by atoms with Crippen LogP contribution in [-0.2, 0) is 10.0 Å². The van der Waals surface area contributed by atoms with Gasteiger partial charge in [0.15, 0.2) is 10.0 Å². The van der Waals surface area contributed by atoms with Gasteiger partial charge in [-0.2, -0.15) is 0 Å². The second-order valence-corrected chi connectivity index (χ2v) is 7.11. The predicted molar refractivity (Wildman–Crippen MR) is 62.4 cm³/mol. The van der Waals surface area contributed by atoms with Crippen LogP contribution in [0.15, 0.2) is 0 Å². The molecule has 3 atom stereocenters. The van der Waals surface area contributed by atoms with Gasteiger partial charge in [0, 0.05) is 11.6 Å². The van der Waals surface area contributed by atoms with E-state index in [0.29, 0.717) is 6.04 Å². The summed E-state index contributed by atoms with van der Waals surface area (Å²) < 4.78 is 27.2. The summed E-state index contributed by atoms with van der Waals surface area (Å²) in [4.78, 5) is 0. The summed E-state index contributed by atoms with van der Waals surface area (Å²) in [6, 6.07) is 0.295. The molecule has 0 saturated heterocycles. The van der Waals surface area contributed by atoms with Crippen molar-refractivity contribution in [3.05, 3.63) is 0 Å². The van der Waals surface area contributed by atoms with Crippen LogP contribution in [0, 0.1) is 10.7 Å². The SMILES string of the molecule is CC(C)(C)NC1CCCC1CS(=N)(=O)O.